The van der Waals surface area contributed by atoms with E-state index < -0.39 is 0 Å². The van der Waals surface area contributed by atoms with Crippen LogP contribution in [0.25, 0.3) is 0 Å². The van der Waals surface area contributed by atoms with Crippen LogP contribution in [0.3, 0.4) is 0 Å². The summed E-state index contributed by atoms with van der Waals surface area (Å²) >= 11 is 0. The summed E-state index contributed by atoms with van der Waals surface area (Å²) < 4.78 is 5.69. The van der Waals surface area contributed by atoms with E-state index in [2.05, 4.69) is 29.0 Å². The van der Waals surface area contributed by atoms with Crippen molar-refractivity contribution in [2.24, 2.45) is 11.8 Å². The highest BCUT2D eigenvalue weighted by Gasteiger charge is 2.31. The molecule has 2 saturated heterocycles. The highest BCUT2D eigenvalue weighted by Crippen LogP contribution is 2.32. The van der Waals surface area contributed by atoms with Crippen LogP contribution < -0.4 is 0 Å². The lowest BCUT2D eigenvalue weighted by molar-refractivity contribution is 0.167. The minimum Gasteiger partial charge on any atom is -0.465 e. The van der Waals surface area contributed by atoms with Crippen molar-refractivity contribution in [3.8, 4) is 0 Å². The van der Waals surface area contributed by atoms with Gasteiger partial charge in [0.05, 0.1) is 6.54 Å². The van der Waals surface area contributed by atoms with Crippen molar-refractivity contribution in [2.45, 2.75) is 32.7 Å². The Morgan fingerprint density at radius 3 is 2.53 bits per heavy atom. The van der Waals surface area contributed by atoms with Gasteiger partial charge < -0.3 is 9.32 Å². The van der Waals surface area contributed by atoms with E-state index in [1.165, 1.54) is 45.4 Å². The monoisotopic (exact) mass is 262 g/mol. The molecule has 3 heterocycles. The number of likely N-dealkylation sites (tertiary alicyclic amines) is 2. The van der Waals surface area contributed by atoms with Crippen LogP contribution in [0.4, 0.5) is 0 Å². The third-order valence-electron chi connectivity index (χ3n) is 4.91. The third kappa shape index (κ3) is 3.21. The van der Waals surface area contributed by atoms with Gasteiger partial charge in [0.2, 0.25) is 0 Å². The molecular formula is C16H26N2O. The van der Waals surface area contributed by atoms with Crippen molar-refractivity contribution >= 4 is 0 Å². The topological polar surface area (TPSA) is 19.6 Å². The molecule has 1 aromatic rings. The van der Waals surface area contributed by atoms with Gasteiger partial charge in [-0.1, -0.05) is 0 Å². The molecule has 2 aliphatic rings. The molecule has 0 saturated carbocycles. The highest BCUT2D eigenvalue weighted by molar-refractivity contribution is 5.05. The average Bonchev–Trinajstić information content (AvgIpc) is 3.00. The van der Waals surface area contributed by atoms with Crippen LogP contribution >= 0.6 is 0 Å². The quantitative estimate of drug-likeness (QED) is 0.835. The second-order valence-electron chi connectivity index (χ2n) is 6.44. The Labute approximate surface area is 116 Å². The molecule has 0 aromatic carbocycles. The van der Waals surface area contributed by atoms with Gasteiger partial charge in [0.15, 0.2) is 0 Å². The van der Waals surface area contributed by atoms with Crippen molar-refractivity contribution in [3.63, 3.8) is 0 Å². The summed E-state index contributed by atoms with van der Waals surface area (Å²) in [5.74, 6) is 4.03. The summed E-state index contributed by atoms with van der Waals surface area (Å²) in [5, 5.41) is 0. The number of hydrogen-bond donors (Lipinski definition) is 0. The van der Waals surface area contributed by atoms with Gasteiger partial charge >= 0.3 is 0 Å². The zero-order valence-corrected chi connectivity index (χ0v) is 12.3. The molecule has 2 aliphatic heterocycles. The molecule has 106 valence electrons. The van der Waals surface area contributed by atoms with E-state index in [1.54, 1.807) is 0 Å². The number of piperidine rings is 1. The summed E-state index contributed by atoms with van der Waals surface area (Å²) in [5.41, 5.74) is 0. The lowest BCUT2D eigenvalue weighted by Gasteiger charge is -2.32. The van der Waals surface area contributed by atoms with E-state index in [1.807, 2.05) is 6.92 Å². The lowest BCUT2D eigenvalue weighted by Crippen LogP contribution is -2.34. The van der Waals surface area contributed by atoms with Crippen LogP contribution in [0.15, 0.2) is 16.5 Å². The minimum atomic E-state index is 0.921. The molecule has 0 spiro atoms. The van der Waals surface area contributed by atoms with Gasteiger partial charge in [-0.3, -0.25) is 4.90 Å². The smallest absolute Gasteiger partial charge is 0.118 e. The first-order chi connectivity index (χ1) is 9.20. The van der Waals surface area contributed by atoms with E-state index in [4.69, 9.17) is 4.42 Å². The average molecular weight is 262 g/mol. The molecular weight excluding hydrogens is 236 g/mol. The first kappa shape index (κ1) is 13.2. The van der Waals surface area contributed by atoms with Crippen molar-refractivity contribution in [1.29, 1.82) is 0 Å². The van der Waals surface area contributed by atoms with E-state index in [-0.39, 0.29) is 0 Å². The largest absolute Gasteiger partial charge is 0.465 e. The molecule has 0 bridgehead atoms. The van der Waals surface area contributed by atoms with E-state index in [0.717, 1.165) is 29.9 Å². The predicted molar refractivity (Wildman–Crippen MR) is 77.1 cm³/mol. The Kier molecular flexibility index (Phi) is 3.94. The number of furan rings is 1. The number of rotatable bonds is 3. The van der Waals surface area contributed by atoms with Crippen LogP contribution in [0.5, 0.6) is 0 Å². The number of nitrogens with zero attached hydrogens (tertiary/aromatic N) is 2. The molecule has 3 heteroatoms. The van der Waals surface area contributed by atoms with Gasteiger partial charge in [-0.2, -0.15) is 0 Å². The van der Waals surface area contributed by atoms with Crippen LogP contribution in [0, 0.1) is 18.8 Å². The first-order valence-electron chi connectivity index (χ1n) is 7.67. The lowest BCUT2D eigenvalue weighted by atomic mass is 9.84. The number of hydrogen-bond acceptors (Lipinski definition) is 3. The van der Waals surface area contributed by atoms with Crippen LogP contribution in [-0.2, 0) is 6.54 Å². The molecule has 0 N–H and O–H groups in total. The van der Waals surface area contributed by atoms with Gasteiger partial charge in [0.1, 0.15) is 11.5 Å². The van der Waals surface area contributed by atoms with Gasteiger partial charge in [0, 0.05) is 6.54 Å². The fraction of sp³-hybridized carbons (Fsp3) is 0.750. The van der Waals surface area contributed by atoms with E-state index in [9.17, 15) is 0 Å². The van der Waals surface area contributed by atoms with Crippen LogP contribution in [-0.4, -0.2) is 43.0 Å². The first-order valence-corrected chi connectivity index (χ1v) is 7.67. The van der Waals surface area contributed by atoms with Gasteiger partial charge in [0.25, 0.3) is 0 Å². The second-order valence-corrected chi connectivity index (χ2v) is 6.44. The minimum absolute atomic E-state index is 0.921. The second kappa shape index (κ2) is 5.68. The molecule has 0 radical (unpaired) electrons. The standard InChI is InChI=1S/C16H26N2O/c1-13-3-4-16(19-13)12-18-10-7-15(11-18)14-5-8-17(2)9-6-14/h3-4,14-15H,5-12H2,1-2H3. The Hall–Kier alpha value is -0.800. The Morgan fingerprint density at radius 1 is 1.11 bits per heavy atom. The van der Waals surface area contributed by atoms with Crippen LogP contribution in [0.2, 0.25) is 0 Å². The van der Waals surface area contributed by atoms with Crippen LogP contribution in [0.1, 0.15) is 30.8 Å². The molecule has 0 amide bonds. The third-order valence-corrected chi connectivity index (χ3v) is 4.91. The summed E-state index contributed by atoms with van der Waals surface area (Å²) in [7, 11) is 2.25. The van der Waals surface area contributed by atoms with Gasteiger partial charge in [-0.05, 0) is 76.8 Å². The van der Waals surface area contributed by atoms with Crippen molar-refractivity contribution in [2.75, 3.05) is 33.2 Å². The summed E-state index contributed by atoms with van der Waals surface area (Å²) in [4.78, 5) is 5.04. The molecule has 1 unspecified atom stereocenters. The normalized spacial score (nSPS) is 27.2. The Morgan fingerprint density at radius 2 is 1.84 bits per heavy atom. The summed E-state index contributed by atoms with van der Waals surface area (Å²) in [6, 6.07) is 4.19. The Balaban J connectivity index is 1.50. The highest BCUT2D eigenvalue weighted by atomic mass is 16.3. The zero-order valence-electron chi connectivity index (χ0n) is 12.3. The van der Waals surface area contributed by atoms with Crippen molar-refractivity contribution in [3.05, 3.63) is 23.7 Å². The van der Waals surface area contributed by atoms with Crippen molar-refractivity contribution < 1.29 is 4.42 Å². The molecule has 3 rings (SSSR count). The molecule has 1 aromatic heterocycles. The van der Waals surface area contributed by atoms with E-state index >= 15 is 0 Å². The molecule has 19 heavy (non-hydrogen) atoms. The van der Waals surface area contributed by atoms with E-state index in [0.29, 0.717) is 0 Å². The fourth-order valence-corrected chi connectivity index (χ4v) is 3.68. The fourth-order valence-electron chi connectivity index (χ4n) is 3.68. The SMILES string of the molecule is Cc1ccc(CN2CCC(C3CCN(C)CC3)C2)o1. The molecule has 0 aliphatic carbocycles. The summed E-state index contributed by atoms with van der Waals surface area (Å²) in [6.07, 6.45) is 4.18. The zero-order chi connectivity index (χ0) is 13.2. The summed E-state index contributed by atoms with van der Waals surface area (Å²) in [6.45, 7) is 8.12. The predicted octanol–water partition coefficient (Wildman–Crippen LogP) is 2.75. The molecule has 1 atom stereocenters. The number of aryl methyl sites for hydroxylation is 1. The molecule has 3 nitrogen and oxygen atoms in total. The van der Waals surface area contributed by atoms with Gasteiger partial charge in [-0.15, -0.1) is 0 Å². The maximum Gasteiger partial charge on any atom is 0.118 e. The Bertz CT molecular complexity index is 407. The maximum absolute atomic E-state index is 5.69. The maximum atomic E-state index is 5.69. The van der Waals surface area contributed by atoms with Gasteiger partial charge in [-0.25, -0.2) is 0 Å². The molecule has 2 fully saturated rings. The van der Waals surface area contributed by atoms with Crippen molar-refractivity contribution in [1.82, 2.24) is 9.80 Å².